The number of rotatable bonds is 56. The van der Waals surface area contributed by atoms with Crippen LogP contribution in [0.5, 0.6) is 0 Å². The molecule has 0 aliphatic rings. The van der Waals surface area contributed by atoms with Crippen molar-refractivity contribution in [3.8, 4) is 0 Å². The fourth-order valence-electron chi connectivity index (χ4n) is 9.34. The number of unbranched alkanes of at least 4 members (excludes halogenated alkanes) is 43. The standard InChI is InChI=1S/C61H117NO5/c1-3-5-7-9-11-13-15-17-19-22-25-29-33-37-41-45-49-53-59(64)58(57-63)62-60(65)54-50-46-42-38-34-30-26-23-21-24-28-32-36-40-44-48-52-56-67-61(66)55-51-47-43-39-35-31-27-20-18-16-14-12-10-8-6-4-2/h20,27,49,53,58-59,63-64H,3-19,21-26,28-48,50-52,54-57H2,1-2H3,(H,62,65)/b27-20-,53-49+. The molecule has 1 amide bonds. The number of esters is 1. The van der Waals surface area contributed by atoms with E-state index in [0.717, 1.165) is 44.9 Å². The van der Waals surface area contributed by atoms with Gasteiger partial charge in [-0.1, -0.05) is 282 Å². The Morgan fingerprint density at radius 2 is 0.701 bits per heavy atom. The first-order valence-electron chi connectivity index (χ1n) is 30.1. The van der Waals surface area contributed by atoms with Crippen LogP contribution in [-0.2, 0) is 14.3 Å². The number of aliphatic hydroxyl groups excluding tert-OH is 2. The van der Waals surface area contributed by atoms with Crippen LogP contribution in [0.25, 0.3) is 0 Å². The molecule has 2 unspecified atom stereocenters. The Hall–Kier alpha value is -1.66. The van der Waals surface area contributed by atoms with Gasteiger partial charge in [0.2, 0.25) is 5.91 Å². The van der Waals surface area contributed by atoms with Gasteiger partial charge in [0.1, 0.15) is 0 Å². The van der Waals surface area contributed by atoms with Gasteiger partial charge in [0, 0.05) is 12.8 Å². The van der Waals surface area contributed by atoms with E-state index in [1.54, 1.807) is 6.08 Å². The van der Waals surface area contributed by atoms with Crippen molar-refractivity contribution in [1.29, 1.82) is 0 Å². The van der Waals surface area contributed by atoms with Crippen molar-refractivity contribution < 1.29 is 24.5 Å². The van der Waals surface area contributed by atoms with E-state index in [1.165, 1.54) is 257 Å². The number of allylic oxidation sites excluding steroid dienone is 3. The van der Waals surface area contributed by atoms with Crippen LogP contribution in [0.3, 0.4) is 0 Å². The van der Waals surface area contributed by atoms with Crippen molar-refractivity contribution in [1.82, 2.24) is 5.32 Å². The maximum atomic E-state index is 12.5. The molecule has 0 aromatic heterocycles. The van der Waals surface area contributed by atoms with Gasteiger partial charge in [0.25, 0.3) is 0 Å². The average Bonchev–Trinajstić information content (AvgIpc) is 3.33. The Kier molecular flexibility index (Phi) is 55.5. The predicted molar refractivity (Wildman–Crippen MR) is 292 cm³/mol. The Balaban J connectivity index is 3.44. The second kappa shape index (κ2) is 56.9. The van der Waals surface area contributed by atoms with E-state index < -0.39 is 12.1 Å². The minimum absolute atomic E-state index is 0.00254. The Morgan fingerprint density at radius 1 is 0.403 bits per heavy atom. The van der Waals surface area contributed by atoms with E-state index in [0.29, 0.717) is 19.4 Å². The second-order valence-electron chi connectivity index (χ2n) is 20.7. The van der Waals surface area contributed by atoms with E-state index >= 15 is 0 Å². The first-order valence-corrected chi connectivity index (χ1v) is 30.1. The maximum Gasteiger partial charge on any atom is 0.305 e. The normalized spacial score (nSPS) is 12.7. The summed E-state index contributed by atoms with van der Waals surface area (Å²) in [5, 5.41) is 23.1. The van der Waals surface area contributed by atoms with Gasteiger partial charge < -0.3 is 20.3 Å². The molecule has 6 heteroatoms. The zero-order chi connectivity index (χ0) is 48.6. The molecule has 0 aliphatic carbocycles. The van der Waals surface area contributed by atoms with Crippen LogP contribution >= 0.6 is 0 Å². The molecule has 0 aliphatic heterocycles. The number of hydrogen-bond acceptors (Lipinski definition) is 5. The molecule has 0 heterocycles. The highest BCUT2D eigenvalue weighted by molar-refractivity contribution is 5.76. The number of carbonyl (C=O) groups excluding carboxylic acids is 2. The first kappa shape index (κ1) is 65.3. The minimum atomic E-state index is -0.848. The SMILES string of the molecule is CCCCCCCCC/C=C\CCCCCCCC(=O)OCCCCCCCCCCCCCCCCCCCC(=O)NC(CO)C(O)/C=C/CCCCCCCCCCCCCCCCC. The lowest BCUT2D eigenvalue weighted by Crippen LogP contribution is -2.45. The molecule has 0 radical (unpaired) electrons. The van der Waals surface area contributed by atoms with Crippen molar-refractivity contribution in [2.24, 2.45) is 0 Å². The lowest BCUT2D eigenvalue weighted by atomic mass is 10.0. The summed E-state index contributed by atoms with van der Waals surface area (Å²) in [4.78, 5) is 24.5. The van der Waals surface area contributed by atoms with E-state index in [-0.39, 0.29) is 18.5 Å². The number of ether oxygens (including phenoxy) is 1. The van der Waals surface area contributed by atoms with Crippen LogP contribution in [0.4, 0.5) is 0 Å². The molecule has 3 N–H and O–H groups in total. The van der Waals surface area contributed by atoms with Crippen LogP contribution in [0.15, 0.2) is 24.3 Å². The highest BCUT2D eigenvalue weighted by atomic mass is 16.5. The first-order chi connectivity index (χ1) is 33.0. The Bertz CT molecular complexity index is 1040. The van der Waals surface area contributed by atoms with E-state index in [4.69, 9.17) is 4.74 Å². The minimum Gasteiger partial charge on any atom is -0.466 e. The van der Waals surface area contributed by atoms with Gasteiger partial charge in [-0.15, -0.1) is 0 Å². The lowest BCUT2D eigenvalue weighted by molar-refractivity contribution is -0.143. The van der Waals surface area contributed by atoms with Crippen LogP contribution in [0.1, 0.15) is 328 Å². The molecule has 2 atom stereocenters. The molecule has 0 aromatic carbocycles. The summed E-state index contributed by atoms with van der Waals surface area (Å²) in [6.45, 7) is 4.90. The molecule has 0 spiro atoms. The van der Waals surface area contributed by atoms with Crippen LogP contribution < -0.4 is 5.32 Å². The fourth-order valence-corrected chi connectivity index (χ4v) is 9.34. The van der Waals surface area contributed by atoms with Crippen molar-refractivity contribution in [2.75, 3.05) is 13.2 Å². The molecule has 0 saturated carbocycles. The number of nitrogens with one attached hydrogen (secondary N) is 1. The maximum absolute atomic E-state index is 12.5. The third-order valence-corrected chi connectivity index (χ3v) is 14.0. The molecule has 6 nitrogen and oxygen atoms in total. The van der Waals surface area contributed by atoms with Crippen molar-refractivity contribution in [2.45, 2.75) is 341 Å². The average molecular weight is 945 g/mol. The number of amides is 1. The van der Waals surface area contributed by atoms with Crippen molar-refractivity contribution >= 4 is 11.9 Å². The van der Waals surface area contributed by atoms with Gasteiger partial charge in [-0.05, 0) is 57.8 Å². The topological polar surface area (TPSA) is 95.9 Å². The van der Waals surface area contributed by atoms with Gasteiger partial charge >= 0.3 is 5.97 Å². The van der Waals surface area contributed by atoms with E-state index in [9.17, 15) is 19.8 Å². The summed E-state index contributed by atoms with van der Waals surface area (Å²) >= 11 is 0. The molecule has 396 valence electrons. The monoisotopic (exact) mass is 944 g/mol. The van der Waals surface area contributed by atoms with Gasteiger partial charge in [-0.2, -0.15) is 0 Å². The van der Waals surface area contributed by atoms with Crippen LogP contribution in [0.2, 0.25) is 0 Å². The third kappa shape index (κ3) is 53.5. The van der Waals surface area contributed by atoms with Gasteiger partial charge in [0.05, 0.1) is 25.4 Å². The van der Waals surface area contributed by atoms with Gasteiger partial charge in [-0.25, -0.2) is 0 Å². The molecule has 67 heavy (non-hydrogen) atoms. The van der Waals surface area contributed by atoms with Crippen molar-refractivity contribution in [3.05, 3.63) is 24.3 Å². The highest BCUT2D eigenvalue weighted by Crippen LogP contribution is 2.17. The predicted octanol–water partition coefficient (Wildman–Crippen LogP) is 18.6. The summed E-state index contributed by atoms with van der Waals surface area (Å²) in [6.07, 6.45) is 69.1. The molecule has 0 aromatic rings. The second-order valence-corrected chi connectivity index (χ2v) is 20.7. The van der Waals surface area contributed by atoms with Crippen molar-refractivity contribution in [3.63, 3.8) is 0 Å². The summed E-state index contributed by atoms with van der Waals surface area (Å²) < 4.78 is 5.48. The molecule has 0 rings (SSSR count). The molecular formula is C61H117NO5. The number of carbonyl (C=O) groups is 2. The lowest BCUT2D eigenvalue weighted by Gasteiger charge is -2.20. The largest absolute Gasteiger partial charge is 0.466 e. The Labute approximate surface area is 418 Å². The summed E-state index contributed by atoms with van der Waals surface area (Å²) in [5.74, 6) is -0.0739. The smallest absolute Gasteiger partial charge is 0.305 e. The molecular weight excluding hydrogens is 827 g/mol. The molecule has 0 bridgehead atoms. The van der Waals surface area contributed by atoms with Crippen LogP contribution in [-0.4, -0.2) is 47.4 Å². The summed E-state index contributed by atoms with van der Waals surface area (Å²) in [5.41, 5.74) is 0. The Morgan fingerprint density at radius 3 is 1.06 bits per heavy atom. The number of aliphatic hydroxyl groups is 2. The molecule has 0 fully saturated rings. The quantitative estimate of drug-likeness (QED) is 0.0321. The van der Waals surface area contributed by atoms with E-state index in [2.05, 4.69) is 31.3 Å². The van der Waals surface area contributed by atoms with Gasteiger partial charge in [-0.3, -0.25) is 9.59 Å². The fraction of sp³-hybridized carbons (Fsp3) is 0.902. The van der Waals surface area contributed by atoms with E-state index in [1.807, 2.05) is 6.08 Å². The summed E-state index contributed by atoms with van der Waals surface area (Å²) in [6, 6.07) is -0.632. The summed E-state index contributed by atoms with van der Waals surface area (Å²) in [7, 11) is 0. The highest BCUT2D eigenvalue weighted by Gasteiger charge is 2.18. The van der Waals surface area contributed by atoms with Crippen LogP contribution in [0, 0.1) is 0 Å². The van der Waals surface area contributed by atoms with Gasteiger partial charge in [0.15, 0.2) is 0 Å². The number of hydrogen-bond donors (Lipinski definition) is 3. The zero-order valence-corrected chi connectivity index (χ0v) is 45.1. The molecule has 0 saturated heterocycles. The third-order valence-electron chi connectivity index (χ3n) is 14.0. The zero-order valence-electron chi connectivity index (χ0n) is 45.1.